The number of imidazole rings is 1. The number of likely N-dealkylation sites (tertiary alicyclic amines) is 1. The number of carbonyl (C=O) groups excluding carboxylic acids is 1. The summed E-state index contributed by atoms with van der Waals surface area (Å²) in [5.41, 5.74) is 1.97. The third-order valence-corrected chi connectivity index (χ3v) is 6.86. The van der Waals surface area contributed by atoms with Gasteiger partial charge in [-0.2, -0.15) is 4.68 Å². The molecule has 1 saturated heterocycles. The van der Waals surface area contributed by atoms with Crippen LogP contribution in [0.25, 0.3) is 11.3 Å². The SMILES string of the molecule is C=C/C(=N\n1c(C)nc(CC)c1N(C)c1nc(-c2ccc(F)cc2)cs1)N1CC(NC(=O)OC(C)(C)C)C1. The van der Waals surface area contributed by atoms with Crippen molar-refractivity contribution < 1.29 is 13.9 Å². The first-order chi connectivity index (χ1) is 18.0. The van der Waals surface area contributed by atoms with Gasteiger partial charge in [-0.3, -0.25) is 0 Å². The number of amides is 1. The zero-order chi connectivity index (χ0) is 27.6. The summed E-state index contributed by atoms with van der Waals surface area (Å²) >= 11 is 1.49. The number of carbonyl (C=O) groups is 1. The maximum Gasteiger partial charge on any atom is 0.407 e. The maximum absolute atomic E-state index is 13.4. The first-order valence-corrected chi connectivity index (χ1v) is 13.4. The number of anilines is 2. The lowest BCUT2D eigenvalue weighted by Crippen LogP contribution is -2.61. The van der Waals surface area contributed by atoms with Crippen molar-refractivity contribution in [3.8, 4) is 11.3 Å². The van der Waals surface area contributed by atoms with Gasteiger partial charge in [-0.15, -0.1) is 16.4 Å². The van der Waals surface area contributed by atoms with Gasteiger partial charge in [0, 0.05) is 31.1 Å². The lowest BCUT2D eigenvalue weighted by atomic mass is 10.1. The molecule has 1 aliphatic rings. The van der Waals surface area contributed by atoms with Crippen LogP contribution in [-0.2, 0) is 11.2 Å². The van der Waals surface area contributed by atoms with Gasteiger partial charge < -0.3 is 19.9 Å². The summed E-state index contributed by atoms with van der Waals surface area (Å²) in [6.07, 6.45) is 1.99. The number of halogens is 1. The molecule has 38 heavy (non-hydrogen) atoms. The molecule has 0 spiro atoms. The molecule has 3 heterocycles. The number of nitrogens with zero attached hydrogens (tertiary/aromatic N) is 6. The average molecular weight is 540 g/mol. The minimum atomic E-state index is -0.545. The number of rotatable bonds is 7. The second kappa shape index (κ2) is 10.9. The van der Waals surface area contributed by atoms with E-state index in [1.807, 2.05) is 54.6 Å². The minimum absolute atomic E-state index is 0.0348. The van der Waals surface area contributed by atoms with Crippen molar-refractivity contribution in [2.45, 2.75) is 52.7 Å². The number of nitrogens with one attached hydrogen (secondary N) is 1. The van der Waals surface area contributed by atoms with Crippen LogP contribution in [0.15, 0.2) is 47.4 Å². The molecule has 11 heteroatoms. The summed E-state index contributed by atoms with van der Waals surface area (Å²) in [7, 11) is 1.94. The van der Waals surface area contributed by atoms with Crippen molar-refractivity contribution in [1.29, 1.82) is 0 Å². The van der Waals surface area contributed by atoms with Crippen LogP contribution < -0.4 is 10.2 Å². The number of thiazole rings is 1. The molecule has 0 radical (unpaired) electrons. The Kier molecular flexibility index (Phi) is 7.86. The van der Waals surface area contributed by atoms with E-state index in [2.05, 4.69) is 18.8 Å². The Labute approximate surface area is 226 Å². The average Bonchev–Trinajstić information content (AvgIpc) is 3.44. The van der Waals surface area contributed by atoms with Crippen LogP contribution in [0.5, 0.6) is 0 Å². The molecule has 1 aromatic carbocycles. The predicted octanol–water partition coefficient (Wildman–Crippen LogP) is 5.34. The number of alkyl carbamates (subject to hydrolysis) is 1. The second-order valence-electron chi connectivity index (χ2n) is 10.1. The fourth-order valence-corrected chi connectivity index (χ4v) is 4.89. The Morgan fingerprint density at radius 1 is 1.32 bits per heavy atom. The van der Waals surface area contributed by atoms with E-state index >= 15 is 0 Å². The molecule has 0 bridgehead atoms. The topological polar surface area (TPSA) is 87.9 Å². The molecule has 3 aromatic rings. The smallest absolute Gasteiger partial charge is 0.407 e. The summed E-state index contributed by atoms with van der Waals surface area (Å²) in [6.45, 7) is 14.6. The van der Waals surface area contributed by atoms with Crippen LogP contribution in [0, 0.1) is 12.7 Å². The number of benzene rings is 1. The summed E-state index contributed by atoms with van der Waals surface area (Å²) in [5, 5.41) is 10.5. The molecular weight excluding hydrogens is 505 g/mol. The largest absolute Gasteiger partial charge is 0.444 e. The standard InChI is InChI=1S/C27H34FN7O2S/c1-8-21-24(33(7)25-31-22(16-38-25)18-10-12-19(28)13-11-18)35(17(3)29-21)32-23(9-2)34-14-20(15-34)30-26(36)37-27(4,5)6/h9-13,16,20H,2,8,14-15H2,1,3-7H3,(H,30,36)/b32-23+. The minimum Gasteiger partial charge on any atom is -0.444 e. The fraction of sp³-hybridized carbons (Fsp3) is 0.407. The van der Waals surface area contributed by atoms with Crippen LogP contribution in [-0.4, -0.2) is 63.3 Å². The quantitative estimate of drug-likeness (QED) is 0.322. The molecule has 0 atom stereocenters. The Morgan fingerprint density at radius 2 is 2.00 bits per heavy atom. The highest BCUT2D eigenvalue weighted by atomic mass is 32.1. The van der Waals surface area contributed by atoms with Gasteiger partial charge in [0.15, 0.2) is 10.9 Å². The molecule has 2 aromatic heterocycles. The van der Waals surface area contributed by atoms with Crippen molar-refractivity contribution in [1.82, 2.24) is 24.9 Å². The number of hydrogen-bond acceptors (Lipinski definition) is 7. The fourth-order valence-electron chi connectivity index (χ4n) is 4.09. The third-order valence-electron chi connectivity index (χ3n) is 5.95. The van der Waals surface area contributed by atoms with Gasteiger partial charge in [0.1, 0.15) is 23.1 Å². The number of aromatic nitrogens is 3. The van der Waals surface area contributed by atoms with E-state index < -0.39 is 11.7 Å². The van der Waals surface area contributed by atoms with Crippen LogP contribution in [0.1, 0.15) is 39.2 Å². The molecule has 1 N–H and O–H groups in total. The van der Waals surface area contributed by atoms with Gasteiger partial charge in [0.05, 0.1) is 17.4 Å². The molecule has 0 aliphatic carbocycles. The lowest BCUT2D eigenvalue weighted by Gasteiger charge is -2.40. The van der Waals surface area contributed by atoms with Gasteiger partial charge in [-0.25, -0.2) is 19.2 Å². The van der Waals surface area contributed by atoms with E-state index in [1.54, 1.807) is 18.2 Å². The Bertz CT molecular complexity index is 1330. The first-order valence-electron chi connectivity index (χ1n) is 12.5. The molecule has 1 amide bonds. The molecule has 1 aliphatic heterocycles. The first kappa shape index (κ1) is 27.3. The van der Waals surface area contributed by atoms with Crippen LogP contribution in [0.3, 0.4) is 0 Å². The molecular formula is C27H34FN7O2S. The highest BCUT2D eigenvalue weighted by molar-refractivity contribution is 7.14. The molecule has 202 valence electrons. The third kappa shape index (κ3) is 6.04. The van der Waals surface area contributed by atoms with E-state index in [9.17, 15) is 9.18 Å². The van der Waals surface area contributed by atoms with Crippen molar-refractivity contribution in [3.05, 3.63) is 59.6 Å². The monoisotopic (exact) mass is 539 g/mol. The normalized spacial score (nSPS) is 14.3. The van der Waals surface area contributed by atoms with Crippen LogP contribution in [0.4, 0.5) is 20.1 Å². The van der Waals surface area contributed by atoms with Crippen molar-refractivity contribution in [2.75, 3.05) is 25.0 Å². The second-order valence-corrected chi connectivity index (χ2v) is 10.9. The van der Waals surface area contributed by atoms with E-state index in [4.69, 9.17) is 19.8 Å². The Hall–Kier alpha value is -3.73. The van der Waals surface area contributed by atoms with E-state index in [-0.39, 0.29) is 11.9 Å². The van der Waals surface area contributed by atoms with E-state index in [0.29, 0.717) is 25.3 Å². The summed E-state index contributed by atoms with van der Waals surface area (Å²) in [5.74, 6) is 1.95. The molecule has 0 saturated carbocycles. The molecule has 0 unspecified atom stereocenters. The van der Waals surface area contributed by atoms with Gasteiger partial charge in [-0.1, -0.05) is 13.5 Å². The maximum atomic E-state index is 13.4. The van der Waals surface area contributed by atoms with Crippen molar-refractivity contribution in [2.24, 2.45) is 5.10 Å². The van der Waals surface area contributed by atoms with E-state index in [0.717, 1.165) is 33.7 Å². The summed E-state index contributed by atoms with van der Waals surface area (Å²) in [6, 6.07) is 6.27. The number of ether oxygens (including phenoxy) is 1. The van der Waals surface area contributed by atoms with E-state index in [1.165, 1.54) is 23.5 Å². The number of aryl methyl sites for hydroxylation is 2. The summed E-state index contributed by atoms with van der Waals surface area (Å²) in [4.78, 5) is 25.7. The summed E-state index contributed by atoms with van der Waals surface area (Å²) < 4.78 is 20.5. The van der Waals surface area contributed by atoms with Gasteiger partial charge in [0.2, 0.25) is 0 Å². The predicted molar refractivity (Wildman–Crippen MR) is 150 cm³/mol. The Morgan fingerprint density at radius 3 is 2.61 bits per heavy atom. The van der Waals surface area contributed by atoms with Crippen LogP contribution in [0.2, 0.25) is 0 Å². The highest BCUT2D eigenvalue weighted by Gasteiger charge is 2.31. The zero-order valence-electron chi connectivity index (χ0n) is 22.7. The molecule has 1 fully saturated rings. The Balaban J connectivity index is 1.55. The molecule has 4 rings (SSSR count). The van der Waals surface area contributed by atoms with Crippen molar-refractivity contribution in [3.63, 3.8) is 0 Å². The molecule has 9 nitrogen and oxygen atoms in total. The van der Waals surface area contributed by atoms with Gasteiger partial charge in [0.25, 0.3) is 0 Å². The lowest BCUT2D eigenvalue weighted by molar-refractivity contribution is 0.0454. The van der Waals surface area contributed by atoms with Gasteiger partial charge >= 0.3 is 6.09 Å². The highest BCUT2D eigenvalue weighted by Crippen LogP contribution is 2.34. The van der Waals surface area contributed by atoms with Gasteiger partial charge in [-0.05, 0) is 64.5 Å². The number of hydrogen-bond donors (Lipinski definition) is 1. The zero-order valence-corrected chi connectivity index (χ0v) is 23.5. The van der Waals surface area contributed by atoms with Crippen molar-refractivity contribution >= 4 is 34.2 Å². The number of amidine groups is 1. The van der Waals surface area contributed by atoms with Crippen LogP contribution >= 0.6 is 11.3 Å².